The summed E-state index contributed by atoms with van der Waals surface area (Å²) in [5.41, 5.74) is 5.05. The second-order valence-corrected chi connectivity index (χ2v) is 9.99. The van der Waals surface area contributed by atoms with Crippen molar-refractivity contribution >= 4 is 27.6 Å². The van der Waals surface area contributed by atoms with E-state index in [1.165, 1.54) is 5.56 Å². The molecule has 3 atom stereocenters. The molecule has 6 rings (SSSR count). The molecule has 0 saturated heterocycles. The van der Waals surface area contributed by atoms with Gasteiger partial charge in [0.1, 0.15) is 5.75 Å². The van der Waals surface area contributed by atoms with Crippen LogP contribution in [-0.4, -0.2) is 28.5 Å². The number of cyclic esters (lactones) is 1. The lowest BCUT2D eigenvalue weighted by molar-refractivity contribution is -0.175. The van der Waals surface area contributed by atoms with Crippen LogP contribution in [-0.2, 0) is 11.2 Å². The topological polar surface area (TPSA) is 51.1 Å². The number of halogens is 1. The van der Waals surface area contributed by atoms with E-state index in [1.807, 2.05) is 48.3 Å². The van der Waals surface area contributed by atoms with Gasteiger partial charge in [-0.3, -0.25) is 0 Å². The molecule has 0 aliphatic carbocycles. The Kier molecular flexibility index (Phi) is 4.63. The number of hydrogen-bond acceptors (Lipinski definition) is 5. The molecular formula is C27H23BrN2O3. The normalized spacial score (nSPS) is 25.4. The van der Waals surface area contributed by atoms with Crippen LogP contribution in [0.4, 0.5) is 0 Å². The Bertz CT molecular complexity index is 1300. The third kappa shape index (κ3) is 3.27. The zero-order chi connectivity index (χ0) is 22.7. The number of nitrogens with zero attached hydrogens (tertiary/aromatic N) is 2. The van der Waals surface area contributed by atoms with Crippen LogP contribution in [0.5, 0.6) is 5.75 Å². The van der Waals surface area contributed by atoms with E-state index in [1.54, 1.807) is 0 Å². The first-order valence-corrected chi connectivity index (χ1v) is 11.9. The molecule has 0 amide bonds. The lowest BCUT2D eigenvalue weighted by Gasteiger charge is -2.49. The first kappa shape index (κ1) is 20.5. The maximum atomic E-state index is 12.8. The SMILES string of the molecule is Cc1ccc(C2=NN3C(C2)c2cc(Br)ccc2OC3(C)C2Cc3ccccc3C(=O)O2)cc1. The molecule has 3 unspecified atom stereocenters. The quantitative estimate of drug-likeness (QED) is 0.415. The van der Waals surface area contributed by atoms with Crippen LogP contribution in [0.1, 0.15) is 52.0 Å². The Hall–Kier alpha value is -3.12. The number of hydrazone groups is 1. The van der Waals surface area contributed by atoms with Gasteiger partial charge in [0.15, 0.2) is 6.10 Å². The highest BCUT2D eigenvalue weighted by molar-refractivity contribution is 9.10. The standard InChI is InChI=1S/C27H23BrN2O3/c1-16-7-9-17(10-8-16)22-15-23-21-14-19(28)11-12-24(21)33-27(2,30(23)29-22)25-13-18-5-3-4-6-20(18)26(31)32-25/h3-12,14,23,25H,13,15H2,1-2H3. The average molecular weight is 503 g/mol. The van der Waals surface area contributed by atoms with Crippen LogP contribution in [0.2, 0.25) is 0 Å². The summed E-state index contributed by atoms with van der Waals surface area (Å²) >= 11 is 3.61. The summed E-state index contributed by atoms with van der Waals surface area (Å²) in [7, 11) is 0. The van der Waals surface area contributed by atoms with Crippen molar-refractivity contribution < 1.29 is 14.3 Å². The minimum atomic E-state index is -0.943. The Balaban J connectivity index is 1.45. The number of rotatable bonds is 2. The summed E-state index contributed by atoms with van der Waals surface area (Å²) in [6.45, 7) is 4.07. The number of hydrogen-bond donors (Lipinski definition) is 0. The van der Waals surface area contributed by atoms with Gasteiger partial charge in [0, 0.05) is 29.8 Å². The smallest absolute Gasteiger partial charge is 0.338 e. The van der Waals surface area contributed by atoms with Crippen molar-refractivity contribution in [1.29, 1.82) is 0 Å². The van der Waals surface area contributed by atoms with Crippen molar-refractivity contribution in [3.05, 3.63) is 99.0 Å². The van der Waals surface area contributed by atoms with Gasteiger partial charge in [0.25, 0.3) is 0 Å². The molecule has 166 valence electrons. The number of ether oxygens (including phenoxy) is 2. The molecule has 3 aliphatic heterocycles. The van der Waals surface area contributed by atoms with Gasteiger partial charge in [-0.2, -0.15) is 5.10 Å². The molecule has 0 fully saturated rings. The van der Waals surface area contributed by atoms with Gasteiger partial charge in [-0.05, 0) is 42.3 Å². The third-order valence-corrected chi connectivity index (χ3v) is 7.38. The van der Waals surface area contributed by atoms with Crippen LogP contribution < -0.4 is 4.74 Å². The summed E-state index contributed by atoms with van der Waals surface area (Å²) in [4.78, 5) is 12.8. The Morgan fingerprint density at radius 2 is 1.85 bits per heavy atom. The predicted molar refractivity (Wildman–Crippen MR) is 129 cm³/mol. The second kappa shape index (κ2) is 7.45. The second-order valence-electron chi connectivity index (χ2n) is 9.07. The van der Waals surface area contributed by atoms with Crippen molar-refractivity contribution in [2.24, 2.45) is 5.10 Å². The Morgan fingerprint density at radius 1 is 1.06 bits per heavy atom. The fourth-order valence-electron chi connectivity index (χ4n) is 5.07. The van der Waals surface area contributed by atoms with E-state index in [0.717, 1.165) is 39.0 Å². The van der Waals surface area contributed by atoms with Crippen LogP contribution >= 0.6 is 15.9 Å². The van der Waals surface area contributed by atoms with Crippen molar-refractivity contribution in [2.75, 3.05) is 0 Å². The lowest BCUT2D eigenvalue weighted by Crippen LogP contribution is -2.61. The fraction of sp³-hybridized carbons (Fsp3) is 0.259. The highest BCUT2D eigenvalue weighted by Crippen LogP contribution is 2.49. The first-order chi connectivity index (χ1) is 15.9. The van der Waals surface area contributed by atoms with Crippen LogP contribution in [0.25, 0.3) is 0 Å². The average Bonchev–Trinajstić information content (AvgIpc) is 3.27. The van der Waals surface area contributed by atoms with E-state index in [-0.39, 0.29) is 12.0 Å². The molecule has 0 N–H and O–H groups in total. The van der Waals surface area contributed by atoms with E-state index < -0.39 is 11.8 Å². The monoisotopic (exact) mass is 502 g/mol. The summed E-state index contributed by atoms with van der Waals surface area (Å²) < 4.78 is 13.6. The van der Waals surface area contributed by atoms with Gasteiger partial charge in [-0.1, -0.05) is 64.0 Å². The van der Waals surface area contributed by atoms with Crippen LogP contribution in [0.3, 0.4) is 0 Å². The van der Waals surface area contributed by atoms with Gasteiger partial charge < -0.3 is 9.47 Å². The summed E-state index contributed by atoms with van der Waals surface area (Å²) in [6.07, 6.45) is 0.825. The van der Waals surface area contributed by atoms with Crippen molar-refractivity contribution in [3.8, 4) is 5.75 Å². The van der Waals surface area contributed by atoms with Gasteiger partial charge >= 0.3 is 5.97 Å². The van der Waals surface area contributed by atoms with Crippen molar-refractivity contribution in [3.63, 3.8) is 0 Å². The minimum Gasteiger partial charge on any atom is -0.462 e. The van der Waals surface area contributed by atoms with Gasteiger partial charge in [-0.25, -0.2) is 9.80 Å². The maximum Gasteiger partial charge on any atom is 0.338 e. The molecular weight excluding hydrogens is 480 g/mol. The Morgan fingerprint density at radius 3 is 2.67 bits per heavy atom. The molecule has 0 radical (unpaired) electrons. The van der Waals surface area contributed by atoms with Gasteiger partial charge in [0.2, 0.25) is 5.72 Å². The number of carbonyl (C=O) groups excluding carboxylic acids is 1. The highest BCUT2D eigenvalue weighted by atomic mass is 79.9. The number of benzene rings is 3. The molecule has 3 aromatic rings. The fourth-order valence-corrected chi connectivity index (χ4v) is 5.45. The molecule has 3 heterocycles. The Labute approximate surface area is 201 Å². The molecule has 5 nitrogen and oxygen atoms in total. The van der Waals surface area contributed by atoms with Crippen LogP contribution in [0.15, 0.2) is 76.3 Å². The van der Waals surface area contributed by atoms with Crippen LogP contribution in [0, 0.1) is 6.92 Å². The molecule has 0 aromatic heterocycles. The molecule has 0 saturated carbocycles. The molecule has 3 aliphatic rings. The predicted octanol–water partition coefficient (Wildman–Crippen LogP) is 5.80. The number of fused-ring (bicyclic) bond motifs is 4. The van der Waals surface area contributed by atoms with E-state index in [2.05, 4.69) is 53.2 Å². The molecule has 6 heteroatoms. The molecule has 0 bridgehead atoms. The highest BCUT2D eigenvalue weighted by Gasteiger charge is 2.54. The summed E-state index contributed by atoms with van der Waals surface area (Å²) in [5, 5.41) is 7.08. The zero-order valence-electron chi connectivity index (χ0n) is 18.4. The van der Waals surface area contributed by atoms with Crippen molar-refractivity contribution in [1.82, 2.24) is 5.01 Å². The molecule has 0 spiro atoms. The van der Waals surface area contributed by atoms with E-state index >= 15 is 0 Å². The number of carbonyl (C=O) groups is 1. The van der Waals surface area contributed by atoms with Gasteiger partial charge in [0.05, 0.1) is 17.3 Å². The molecule has 3 aromatic carbocycles. The van der Waals surface area contributed by atoms with E-state index in [0.29, 0.717) is 12.0 Å². The number of aryl methyl sites for hydroxylation is 1. The minimum absolute atomic E-state index is 0.0107. The number of esters is 1. The molecule has 33 heavy (non-hydrogen) atoms. The third-order valence-electron chi connectivity index (χ3n) is 6.89. The summed E-state index contributed by atoms with van der Waals surface area (Å²) in [6, 6.07) is 22.1. The lowest BCUT2D eigenvalue weighted by atomic mass is 9.89. The first-order valence-electron chi connectivity index (χ1n) is 11.1. The maximum absolute atomic E-state index is 12.8. The van der Waals surface area contributed by atoms with E-state index in [9.17, 15) is 4.79 Å². The largest absolute Gasteiger partial charge is 0.462 e. The van der Waals surface area contributed by atoms with E-state index in [4.69, 9.17) is 14.6 Å². The summed E-state index contributed by atoms with van der Waals surface area (Å²) in [5.74, 6) is 0.490. The zero-order valence-corrected chi connectivity index (χ0v) is 20.0. The van der Waals surface area contributed by atoms with Gasteiger partial charge in [-0.15, -0.1) is 0 Å². The van der Waals surface area contributed by atoms with Crippen molar-refractivity contribution in [2.45, 2.75) is 44.6 Å².